The van der Waals surface area contributed by atoms with Crippen LogP contribution < -0.4 is 0 Å². The average Bonchev–Trinajstić information content (AvgIpc) is 3.55. The van der Waals surface area contributed by atoms with E-state index >= 15 is 0 Å². The molecule has 0 aliphatic carbocycles. The van der Waals surface area contributed by atoms with Crippen molar-refractivity contribution < 1.29 is 0 Å². The Balaban J connectivity index is 1.63. The lowest BCUT2D eigenvalue weighted by atomic mass is 9.93. The molecular weight excluding hydrogens is 416 g/mol. The molecule has 0 saturated heterocycles. The molecule has 0 radical (unpaired) electrons. The van der Waals surface area contributed by atoms with Crippen molar-refractivity contribution in [2.45, 2.75) is 0 Å². The normalized spacial score (nSPS) is 10.9. The Morgan fingerprint density at radius 3 is 0.971 bits per heavy atom. The van der Waals surface area contributed by atoms with Gasteiger partial charge >= 0.3 is 0 Å². The smallest absolute Gasteiger partial charge is 0.101 e. The first-order valence-corrected chi connectivity index (χ1v) is 11.3. The van der Waals surface area contributed by atoms with Gasteiger partial charge in [-0.15, -0.1) is 0 Å². The number of nitrogens with one attached hydrogen (secondary N) is 2. The molecule has 2 aromatic heterocycles. The van der Waals surface area contributed by atoms with E-state index in [9.17, 15) is 0 Å². The fraction of sp³-hybridized carbons (Fsp3) is 0. The number of aromatic amines is 2. The Kier molecular flexibility index (Phi) is 5.09. The van der Waals surface area contributed by atoms with Crippen LogP contribution in [0.15, 0.2) is 121 Å². The van der Waals surface area contributed by atoms with E-state index in [1.807, 2.05) is 48.5 Å². The minimum atomic E-state index is 0.914. The summed E-state index contributed by atoms with van der Waals surface area (Å²) < 4.78 is 0. The third-order valence-electron chi connectivity index (χ3n) is 6.00. The lowest BCUT2D eigenvalue weighted by Crippen LogP contribution is -1.88. The van der Waals surface area contributed by atoms with E-state index in [1.165, 1.54) is 0 Å². The average molecular weight is 439 g/mol. The summed E-state index contributed by atoms with van der Waals surface area (Å²) in [7, 11) is 0. The topological polar surface area (TPSA) is 57.4 Å². The highest BCUT2D eigenvalue weighted by molar-refractivity contribution is 5.98. The molecule has 0 aliphatic heterocycles. The first-order valence-electron chi connectivity index (χ1n) is 11.3. The van der Waals surface area contributed by atoms with Crippen LogP contribution in [0.4, 0.5) is 0 Å². The van der Waals surface area contributed by atoms with Gasteiger partial charge in [-0.25, -0.2) is 0 Å². The lowest BCUT2D eigenvalue weighted by molar-refractivity contribution is 1.06. The summed E-state index contributed by atoms with van der Waals surface area (Å²) in [6.45, 7) is 0. The van der Waals surface area contributed by atoms with E-state index in [-0.39, 0.29) is 0 Å². The number of aromatic nitrogens is 4. The van der Waals surface area contributed by atoms with Crippen LogP contribution in [-0.4, -0.2) is 20.4 Å². The van der Waals surface area contributed by atoms with E-state index in [0.717, 1.165) is 56.2 Å². The second kappa shape index (κ2) is 8.68. The number of H-pyrrole nitrogens is 2. The molecule has 0 unspecified atom stereocenters. The van der Waals surface area contributed by atoms with Gasteiger partial charge in [0.15, 0.2) is 0 Å². The third kappa shape index (κ3) is 3.51. The Bertz CT molecular complexity index is 1400. The maximum absolute atomic E-state index is 4.78. The lowest BCUT2D eigenvalue weighted by Gasteiger charge is -2.09. The summed E-state index contributed by atoms with van der Waals surface area (Å²) in [4.78, 5) is 0. The van der Waals surface area contributed by atoms with Crippen molar-refractivity contribution in [2.24, 2.45) is 0 Å². The molecule has 0 aliphatic rings. The summed E-state index contributed by atoms with van der Waals surface area (Å²) in [5, 5.41) is 16.2. The second-order valence-corrected chi connectivity index (χ2v) is 8.11. The van der Waals surface area contributed by atoms with Gasteiger partial charge in [0.1, 0.15) is 11.4 Å². The summed E-state index contributed by atoms with van der Waals surface area (Å²) in [5.74, 6) is 0. The van der Waals surface area contributed by atoms with Crippen LogP contribution >= 0.6 is 0 Å². The van der Waals surface area contributed by atoms with Crippen LogP contribution in [0.25, 0.3) is 56.2 Å². The third-order valence-corrected chi connectivity index (χ3v) is 6.00. The molecule has 162 valence electrons. The van der Waals surface area contributed by atoms with Crippen molar-refractivity contribution in [2.75, 3.05) is 0 Å². The molecule has 6 rings (SSSR count). The van der Waals surface area contributed by atoms with Crippen molar-refractivity contribution in [3.05, 3.63) is 121 Å². The number of nitrogens with zero attached hydrogens (tertiary/aromatic N) is 2. The highest BCUT2D eigenvalue weighted by atomic mass is 15.2. The van der Waals surface area contributed by atoms with Crippen LogP contribution in [0.5, 0.6) is 0 Å². The summed E-state index contributed by atoms with van der Waals surface area (Å²) >= 11 is 0. The summed E-state index contributed by atoms with van der Waals surface area (Å²) in [5.41, 5.74) is 10.1. The molecule has 4 heteroatoms. The van der Waals surface area contributed by atoms with Gasteiger partial charge in [0.2, 0.25) is 0 Å². The van der Waals surface area contributed by atoms with Crippen LogP contribution in [0, 0.1) is 0 Å². The van der Waals surface area contributed by atoms with Gasteiger partial charge in [0.25, 0.3) is 0 Å². The fourth-order valence-electron chi connectivity index (χ4n) is 4.43. The van der Waals surface area contributed by atoms with E-state index < -0.39 is 0 Å². The van der Waals surface area contributed by atoms with Crippen LogP contribution in [0.2, 0.25) is 0 Å². The van der Waals surface area contributed by atoms with Gasteiger partial charge in [-0.3, -0.25) is 10.2 Å². The maximum atomic E-state index is 4.78. The van der Waals surface area contributed by atoms with Gasteiger partial charge in [-0.1, -0.05) is 121 Å². The zero-order valence-electron chi connectivity index (χ0n) is 18.4. The molecule has 0 atom stereocenters. The minimum absolute atomic E-state index is 0.914. The molecule has 0 saturated carbocycles. The van der Waals surface area contributed by atoms with Crippen molar-refractivity contribution in [3.63, 3.8) is 0 Å². The SMILES string of the molecule is c1ccc(-c2n[nH]c(-c3[nH]nc(-c4ccccc4)c3-c3ccccc3)c2-c2ccccc2)cc1. The van der Waals surface area contributed by atoms with Crippen molar-refractivity contribution in [1.82, 2.24) is 20.4 Å². The van der Waals surface area contributed by atoms with E-state index in [0.29, 0.717) is 0 Å². The van der Waals surface area contributed by atoms with Gasteiger partial charge < -0.3 is 0 Å². The molecule has 2 heterocycles. The van der Waals surface area contributed by atoms with Gasteiger partial charge in [0, 0.05) is 22.3 Å². The Hall–Kier alpha value is -4.70. The highest BCUT2D eigenvalue weighted by Gasteiger charge is 2.24. The van der Waals surface area contributed by atoms with E-state index in [2.05, 4.69) is 83.0 Å². The molecule has 0 amide bonds. The maximum Gasteiger partial charge on any atom is 0.101 e. The van der Waals surface area contributed by atoms with E-state index in [4.69, 9.17) is 10.2 Å². The monoisotopic (exact) mass is 438 g/mol. The summed E-state index contributed by atoms with van der Waals surface area (Å²) in [6.07, 6.45) is 0. The number of hydrogen-bond donors (Lipinski definition) is 2. The first-order chi connectivity index (χ1) is 16.9. The zero-order valence-corrected chi connectivity index (χ0v) is 18.4. The predicted molar refractivity (Wildman–Crippen MR) is 138 cm³/mol. The van der Waals surface area contributed by atoms with Crippen molar-refractivity contribution in [1.29, 1.82) is 0 Å². The highest BCUT2D eigenvalue weighted by Crippen LogP contribution is 2.43. The van der Waals surface area contributed by atoms with Crippen molar-refractivity contribution >= 4 is 0 Å². The largest absolute Gasteiger partial charge is 0.275 e. The second-order valence-electron chi connectivity index (χ2n) is 8.11. The minimum Gasteiger partial charge on any atom is -0.275 e. The molecule has 34 heavy (non-hydrogen) atoms. The predicted octanol–water partition coefficient (Wildman–Crippen LogP) is 7.47. The Morgan fingerprint density at radius 2 is 0.647 bits per heavy atom. The molecule has 0 spiro atoms. The molecular formula is C30H22N4. The molecule has 4 aromatic carbocycles. The number of rotatable bonds is 5. The molecule has 0 bridgehead atoms. The molecule has 0 fully saturated rings. The van der Waals surface area contributed by atoms with Crippen LogP contribution in [-0.2, 0) is 0 Å². The number of hydrogen-bond acceptors (Lipinski definition) is 2. The quantitative estimate of drug-likeness (QED) is 0.293. The number of benzene rings is 4. The molecule has 2 N–H and O–H groups in total. The molecule has 6 aromatic rings. The van der Waals surface area contributed by atoms with Gasteiger partial charge in [-0.2, -0.15) is 10.2 Å². The van der Waals surface area contributed by atoms with Crippen LogP contribution in [0.1, 0.15) is 0 Å². The standard InChI is InChI=1S/C30H22N4/c1-5-13-21(14-6-1)25-27(23-17-9-3-10-18-23)31-33-29(25)30-26(22-15-7-2-8-16-22)28(32-34-30)24-19-11-4-12-20-24/h1-20H,(H,31,33)(H,32,34). The Labute approximate surface area is 198 Å². The molecule has 4 nitrogen and oxygen atoms in total. The van der Waals surface area contributed by atoms with Gasteiger partial charge in [0.05, 0.1) is 11.4 Å². The summed E-state index contributed by atoms with van der Waals surface area (Å²) in [6, 6.07) is 41.3. The van der Waals surface area contributed by atoms with Crippen LogP contribution in [0.3, 0.4) is 0 Å². The van der Waals surface area contributed by atoms with Gasteiger partial charge in [-0.05, 0) is 11.1 Å². The Morgan fingerprint density at radius 1 is 0.353 bits per heavy atom. The fourth-order valence-corrected chi connectivity index (χ4v) is 4.43. The van der Waals surface area contributed by atoms with E-state index in [1.54, 1.807) is 0 Å². The first kappa shape index (κ1) is 19.9. The zero-order chi connectivity index (χ0) is 22.7. The van der Waals surface area contributed by atoms with Crippen molar-refractivity contribution in [3.8, 4) is 56.2 Å².